The number of anilines is 1. The van der Waals surface area contributed by atoms with Crippen LogP contribution in [0, 0.1) is 0 Å². The Balaban J connectivity index is 1.57. The number of hydrazone groups is 1. The molecule has 1 atom stereocenters. The molecule has 0 aliphatic carbocycles. The van der Waals surface area contributed by atoms with Crippen LogP contribution in [0.4, 0.5) is 5.69 Å². The number of carbonyl (C=O) groups is 2. The number of fused-ring (bicyclic) bond motifs is 1. The van der Waals surface area contributed by atoms with E-state index in [-0.39, 0.29) is 13.0 Å². The summed E-state index contributed by atoms with van der Waals surface area (Å²) in [5.41, 5.74) is 2.08. The minimum absolute atomic E-state index is 0.0546. The van der Waals surface area contributed by atoms with Crippen LogP contribution in [0.15, 0.2) is 52.0 Å². The fraction of sp³-hybridized carbons (Fsp3) is 0.250. The number of hydrogen-bond acceptors (Lipinski definition) is 6. The molecule has 1 aliphatic rings. The standard InChI is InChI=1S/C20H20BrN3O5/c1-12(10-20(27)14-5-3-4-6-16(14)22-19(20)26)23-24-18(25)11-29-17-8-7-13(28-2)9-15(17)21/h3-9,27H,10-11H2,1-2H3,(H,22,26)(H,24,25)/b23-12+. The number of amides is 2. The summed E-state index contributed by atoms with van der Waals surface area (Å²) in [6.07, 6.45) is -0.0546. The predicted octanol–water partition coefficient (Wildman–Crippen LogP) is 2.56. The molecule has 1 aliphatic heterocycles. The summed E-state index contributed by atoms with van der Waals surface area (Å²) in [5, 5.41) is 17.4. The first-order chi connectivity index (χ1) is 13.8. The van der Waals surface area contributed by atoms with E-state index in [9.17, 15) is 14.7 Å². The molecule has 0 aromatic heterocycles. The third-order valence-corrected chi connectivity index (χ3v) is 5.00. The summed E-state index contributed by atoms with van der Waals surface area (Å²) in [4.78, 5) is 24.2. The van der Waals surface area contributed by atoms with Gasteiger partial charge >= 0.3 is 0 Å². The molecule has 0 saturated carbocycles. The quantitative estimate of drug-likeness (QED) is 0.433. The van der Waals surface area contributed by atoms with Crippen LogP contribution in [-0.4, -0.2) is 36.3 Å². The van der Waals surface area contributed by atoms with E-state index in [0.717, 1.165) is 0 Å². The minimum atomic E-state index is -1.72. The van der Waals surface area contributed by atoms with E-state index in [2.05, 4.69) is 31.8 Å². The number of benzene rings is 2. The van der Waals surface area contributed by atoms with Gasteiger partial charge in [0.1, 0.15) is 11.5 Å². The van der Waals surface area contributed by atoms with Gasteiger partial charge in [0, 0.05) is 23.4 Å². The Bertz CT molecular complexity index is 978. The summed E-state index contributed by atoms with van der Waals surface area (Å²) in [6.45, 7) is 1.36. The summed E-state index contributed by atoms with van der Waals surface area (Å²) >= 11 is 3.34. The van der Waals surface area contributed by atoms with Crippen molar-refractivity contribution < 1.29 is 24.2 Å². The third-order valence-electron chi connectivity index (χ3n) is 4.38. The Hall–Kier alpha value is -2.91. The second kappa shape index (κ2) is 8.62. The van der Waals surface area contributed by atoms with Gasteiger partial charge in [0.15, 0.2) is 12.2 Å². The van der Waals surface area contributed by atoms with Gasteiger partial charge in [-0.25, -0.2) is 5.43 Å². The lowest BCUT2D eigenvalue weighted by Crippen LogP contribution is -2.36. The van der Waals surface area contributed by atoms with Gasteiger partial charge in [-0.2, -0.15) is 5.10 Å². The highest BCUT2D eigenvalue weighted by Gasteiger charge is 2.45. The molecule has 9 heteroatoms. The number of ether oxygens (including phenoxy) is 2. The Morgan fingerprint density at radius 3 is 2.79 bits per heavy atom. The molecule has 0 fully saturated rings. The average molecular weight is 462 g/mol. The fourth-order valence-corrected chi connectivity index (χ4v) is 3.42. The van der Waals surface area contributed by atoms with E-state index in [1.54, 1.807) is 56.5 Å². The lowest BCUT2D eigenvalue weighted by atomic mass is 9.90. The predicted molar refractivity (Wildman–Crippen MR) is 111 cm³/mol. The van der Waals surface area contributed by atoms with E-state index in [0.29, 0.717) is 32.9 Å². The van der Waals surface area contributed by atoms with Crippen LogP contribution < -0.4 is 20.2 Å². The van der Waals surface area contributed by atoms with Gasteiger partial charge in [0.05, 0.1) is 11.6 Å². The molecule has 2 aromatic carbocycles. The monoisotopic (exact) mass is 461 g/mol. The lowest BCUT2D eigenvalue weighted by Gasteiger charge is -2.20. The number of nitrogens with zero attached hydrogens (tertiary/aromatic N) is 1. The summed E-state index contributed by atoms with van der Waals surface area (Å²) < 4.78 is 11.2. The molecule has 3 N–H and O–H groups in total. The summed E-state index contributed by atoms with van der Waals surface area (Å²) in [5.74, 6) is 0.141. The van der Waals surface area contributed by atoms with Crippen molar-refractivity contribution in [1.82, 2.24) is 5.43 Å². The van der Waals surface area contributed by atoms with Gasteiger partial charge in [-0.15, -0.1) is 0 Å². The first kappa shape index (κ1) is 20.8. The highest BCUT2D eigenvalue weighted by Crippen LogP contribution is 2.38. The molecule has 3 rings (SSSR count). The van der Waals surface area contributed by atoms with E-state index < -0.39 is 17.4 Å². The molecule has 1 unspecified atom stereocenters. The van der Waals surface area contributed by atoms with E-state index in [1.807, 2.05) is 0 Å². The van der Waals surface area contributed by atoms with Crippen LogP contribution in [0.5, 0.6) is 11.5 Å². The van der Waals surface area contributed by atoms with Crippen LogP contribution in [0.1, 0.15) is 18.9 Å². The van der Waals surface area contributed by atoms with Crippen LogP contribution >= 0.6 is 15.9 Å². The largest absolute Gasteiger partial charge is 0.497 e. The zero-order valence-electron chi connectivity index (χ0n) is 15.9. The maximum absolute atomic E-state index is 12.2. The van der Waals surface area contributed by atoms with Crippen molar-refractivity contribution in [1.29, 1.82) is 0 Å². The molecule has 2 aromatic rings. The number of nitrogens with one attached hydrogen (secondary N) is 2. The lowest BCUT2D eigenvalue weighted by molar-refractivity contribution is -0.132. The molecular formula is C20H20BrN3O5. The third kappa shape index (κ3) is 4.57. The van der Waals surface area contributed by atoms with Crippen molar-refractivity contribution in [2.75, 3.05) is 19.0 Å². The van der Waals surface area contributed by atoms with Gasteiger partial charge in [0.25, 0.3) is 11.8 Å². The van der Waals surface area contributed by atoms with Crippen LogP contribution in [-0.2, 0) is 15.2 Å². The molecule has 0 spiro atoms. The maximum Gasteiger partial charge on any atom is 0.277 e. The molecule has 2 amide bonds. The Kier molecular flexibility index (Phi) is 6.19. The topological polar surface area (TPSA) is 109 Å². The highest BCUT2D eigenvalue weighted by molar-refractivity contribution is 9.10. The van der Waals surface area contributed by atoms with Crippen molar-refractivity contribution in [2.24, 2.45) is 5.10 Å². The van der Waals surface area contributed by atoms with Crippen LogP contribution in [0.3, 0.4) is 0 Å². The second-order valence-electron chi connectivity index (χ2n) is 6.50. The Morgan fingerprint density at radius 2 is 2.07 bits per heavy atom. The van der Waals surface area contributed by atoms with Crippen molar-refractivity contribution in [3.63, 3.8) is 0 Å². The number of aliphatic hydroxyl groups is 1. The second-order valence-corrected chi connectivity index (χ2v) is 7.36. The molecule has 0 radical (unpaired) electrons. The van der Waals surface area contributed by atoms with Crippen molar-refractivity contribution in [2.45, 2.75) is 18.9 Å². The number of carbonyl (C=O) groups excluding carboxylic acids is 2. The van der Waals surface area contributed by atoms with Crippen molar-refractivity contribution >= 4 is 39.1 Å². The zero-order chi connectivity index (χ0) is 21.0. The Morgan fingerprint density at radius 1 is 1.31 bits per heavy atom. The smallest absolute Gasteiger partial charge is 0.277 e. The van der Waals surface area contributed by atoms with Gasteiger partial charge in [-0.05, 0) is 47.1 Å². The van der Waals surface area contributed by atoms with E-state index in [1.165, 1.54) is 0 Å². The Labute approximate surface area is 176 Å². The number of rotatable bonds is 7. The molecule has 0 bridgehead atoms. The molecular weight excluding hydrogens is 442 g/mol. The molecule has 0 saturated heterocycles. The van der Waals surface area contributed by atoms with Gasteiger partial charge in [0.2, 0.25) is 0 Å². The number of halogens is 1. The normalized spacial score (nSPS) is 18.1. The van der Waals surface area contributed by atoms with Gasteiger partial charge in [-0.1, -0.05) is 18.2 Å². The average Bonchev–Trinajstić information content (AvgIpc) is 2.95. The summed E-state index contributed by atoms with van der Waals surface area (Å²) in [7, 11) is 1.56. The van der Waals surface area contributed by atoms with Crippen LogP contribution in [0.2, 0.25) is 0 Å². The molecule has 1 heterocycles. The van der Waals surface area contributed by atoms with E-state index >= 15 is 0 Å². The minimum Gasteiger partial charge on any atom is -0.497 e. The fourth-order valence-electron chi connectivity index (χ4n) is 2.95. The van der Waals surface area contributed by atoms with Gasteiger partial charge in [-0.3, -0.25) is 9.59 Å². The van der Waals surface area contributed by atoms with E-state index in [4.69, 9.17) is 9.47 Å². The summed E-state index contributed by atoms with van der Waals surface area (Å²) in [6, 6.07) is 12.0. The highest BCUT2D eigenvalue weighted by atomic mass is 79.9. The van der Waals surface area contributed by atoms with Crippen molar-refractivity contribution in [3.8, 4) is 11.5 Å². The SMILES string of the molecule is COc1ccc(OCC(=O)N/N=C(\C)CC2(O)C(=O)Nc3ccccc32)c(Br)c1. The number of hydrogen-bond donors (Lipinski definition) is 3. The van der Waals surface area contributed by atoms with Crippen molar-refractivity contribution in [3.05, 3.63) is 52.5 Å². The number of para-hydroxylation sites is 1. The number of methoxy groups -OCH3 is 1. The van der Waals surface area contributed by atoms with Crippen LogP contribution in [0.25, 0.3) is 0 Å². The molecule has 29 heavy (non-hydrogen) atoms. The molecule has 152 valence electrons. The molecule has 8 nitrogen and oxygen atoms in total. The zero-order valence-corrected chi connectivity index (χ0v) is 17.4. The first-order valence-corrected chi connectivity index (χ1v) is 9.54. The van der Waals surface area contributed by atoms with Gasteiger partial charge < -0.3 is 19.9 Å². The first-order valence-electron chi connectivity index (χ1n) is 8.75. The maximum atomic E-state index is 12.2.